The lowest BCUT2D eigenvalue weighted by Gasteiger charge is -2.32. The largest absolute Gasteiger partial charge is 0.366 e. The van der Waals surface area contributed by atoms with E-state index in [1.54, 1.807) is 0 Å². The van der Waals surface area contributed by atoms with Crippen LogP contribution in [0.2, 0.25) is 5.28 Å². The van der Waals surface area contributed by atoms with Crippen molar-refractivity contribution in [3.8, 4) is 0 Å². The van der Waals surface area contributed by atoms with Gasteiger partial charge < -0.3 is 15.5 Å². The topological polar surface area (TPSA) is 105 Å². The highest BCUT2D eigenvalue weighted by molar-refractivity contribution is 6.28. The number of carbonyl (C=O) groups excluding carboxylic acids is 1. The highest BCUT2D eigenvalue weighted by Gasteiger charge is 2.27. The smallest absolute Gasteiger partial charge is 0.254 e. The van der Waals surface area contributed by atoms with Crippen LogP contribution in [0.5, 0.6) is 0 Å². The van der Waals surface area contributed by atoms with Gasteiger partial charge in [-0.25, -0.2) is 10.8 Å². The van der Waals surface area contributed by atoms with Crippen molar-refractivity contribution >= 4 is 29.0 Å². The van der Waals surface area contributed by atoms with E-state index in [0.717, 1.165) is 13.1 Å². The summed E-state index contributed by atoms with van der Waals surface area (Å²) in [7, 11) is 0. The van der Waals surface area contributed by atoms with E-state index in [9.17, 15) is 4.79 Å². The lowest BCUT2D eigenvalue weighted by atomic mass is 10.2. The van der Waals surface area contributed by atoms with Crippen LogP contribution >= 0.6 is 11.6 Å². The molecule has 2 heterocycles. The number of amides is 1. The fourth-order valence-corrected chi connectivity index (χ4v) is 2.75. The summed E-state index contributed by atoms with van der Waals surface area (Å²) < 4.78 is 5.60. The standard InChI is InChI=1S/C16H19ClN6O2/c17-16-19-8-12(14(21-16)22-18)20-15(24)13-10-23(6-7-25-13)9-11-4-2-1-3-5-11/h1-5,8,13H,6-7,9-10,18H2,(H,20,24)(H,19,21,22). The van der Waals surface area contributed by atoms with E-state index < -0.39 is 6.10 Å². The first kappa shape index (κ1) is 17.6. The number of nitrogens with two attached hydrogens (primary N) is 1. The van der Waals surface area contributed by atoms with E-state index in [2.05, 4.69) is 37.7 Å². The Bertz CT molecular complexity index is 730. The van der Waals surface area contributed by atoms with Crippen LogP contribution in [-0.4, -0.2) is 46.6 Å². The van der Waals surface area contributed by atoms with Crippen molar-refractivity contribution in [3.05, 3.63) is 47.4 Å². The maximum atomic E-state index is 12.5. The van der Waals surface area contributed by atoms with E-state index in [1.807, 2.05) is 18.2 Å². The molecular formula is C16H19ClN6O2. The predicted octanol–water partition coefficient (Wildman–Crippen LogP) is 1.26. The van der Waals surface area contributed by atoms with Gasteiger partial charge in [-0.3, -0.25) is 9.69 Å². The van der Waals surface area contributed by atoms with E-state index in [4.69, 9.17) is 22.2 Å². The first-order valence-corrected chi connectivity index (χ1v) is 8.21. The molecule has 4 N–H and O–H groups in total. The number of hydrogen-bond acceptors (Lipinski definition) is 7. The van der Waals surface area contributed by atoms with Gasteiger partial charge in [-0.2, -0.15) is 4.98 Å². The van der Waals surface area contributed by atoms with Crippen molar-refractivity contribution in [3.63, 3.8) is 0 Å². The number of anilines is 2. The lowest BCUT2D eigenvalue weighted by molar-refractivity contribution is -0.133. The molecule has 1 aliphatic heterocycles. The number of ether oxygens (including phenoxy) is 1. The van der Waals surface area contributed by atoms with Crippen LogP contribution in [0.15, 0.2) is 36.5 Å². The number of halogens is 1. The number of hydrogen-bond donors (Lipinski definition) is 3. The van der Waals surface area contributed by atoms with Gasteiger partial charge in [0.25, 0.3) is 5.91 Å². The molecule has 0 radical (unpaired) electrons. The average molecular weight is 363 g/mol. The maximum Gasteiger partial charge on any atom is 0.254 e. The molecule has 1 aromatic heterocycles. The number of hydrazine groups is 1. The summed E-state index contributed by atoms with van der Waals surface area (Å²) in [5.41, 5.74) is 3.93. The summed E-state index contributed by atoms with van der Waals surface area (Å²) in [5, 5.41) is 2.76. The second-order valence-corrected chi connectivity index (χ2v) is 5.95. The predicted molar refractivity (Wildman–Crippen MR) is 94.9 cm³/mol. The number of nitrogen functional groups attached to an aromatic ring is 1. The van der Waals surface area contributed by atoms with Gasteiger partial charge in [-0.1, -0.05) is 30.3 Å². The Kier molecular flexibility index (Phi) is 5.77. The van der Waals surface area contributed by atoms with Crippen LogP contribution in [0, 0.1) is 0 Å². The number of carbonyl (C=O) groups is 1. The SMILES string of the molecule is NNc1nc(Cl)ncc1NC(=O)C1CN(Cc2ccccc2)CCO1. The second kappa shape index (κ2) is 8.21. The average Bonchev–Trinajstić information content (AvgIpc) is 2.64. The lowest BCUT2D eigenvalue weighted by Crippen LogP contribution is -2.47. The van der Waals surface area contributed by atoms with E-state index in [-0.39, 0.29) is 17.0 Å². The molecule has 2 aromatic rings. The molecular weight excluding hydrogens is 344 g/mol. The molecule has 1 aromatic carbocycles. The highest BCUT2D eigenvalue weighted by atomic mass is 35.5. The second-order valence-electron chi connectivity index (χ2n) is 5.62. The Hall–Kier alpha value is -2.26. The van der Waals surface area contributed by atoms with Crippen LogP contribution < -0.4 is 16.6 Å². The fourth-order valence-electron chi connectivity index (χ4n) is 2.62. The minimum absolute atomic E-state index is 0.0360. The third-order valence-electron chi connectivity index (χ3n) is 3.85. The summed E-state index contributed by atoms with van der Waals surface area (Å²) in [4.78, 5) is 22.4. The molecule has 0 bridgehead atoms. The van der Waals surface area contributed by atoms with Crippen LogP contribution in [0.1, 0.15) is 5.56 Å². The Morgan fingerprint density at radius 3 is 2.96 bits per heavy atom. The molecule has 0 aliphatic carbocycles. The van der Waals surface area contributed by atoms with Gasteiger partial charge in [0.15, 0.2) is 5.82 Å². The molecule has 1 fully saturated rings. The van der Waals surface area contributed by atoms with Gasteiger partial charge in [-0.15, -0.1) is 0 Å². The molecule has 9 heteroatoms. The third-order valence-corrected chi connectivity index (χ3v) is 4.03. The molecule has 0 saturated carbocycles. The minimum atomic E-state index is -0.584. The third kappa shape index (κ3) is 4.64. The Morgan fingerprint density at radius 2 is 2.20 bits per heavy atom. The Balaban J connectivity index is 1.62. The molecule has 1 atom stereocenters. The molecule has 1 aliphatic rings. The molecule has 1 amide bonds. The first-order valence-electron chi connectivity index (χ1n) is 7.83. The molecule has 0 spiro atoms. The number of nitrogens with zero attached hydrogens (tertiary/aromatic N) is 3. The Labute approximate surface area is 150 Å². The van der Waals surface area contributed by atoms with Crippen molar-refractivity contribution in [1.29, 1.82) is 0 Å². The summed E-state index contributed by atoms with van der Waals surface area (Å²) in [6, 6.07) is 10.1. The van der Waals surface area contributed by atoms with Crippen molar-refractivity contribution in [1.82, 2.24) is 14.9 Å². The van der Waals surface area contributed by atoms with Crippen LogP contribution in [0.3, 0.4) is 0 Å². The zero-order valence-corrected chi connectivity index (χ0v) is 14.2. The monoisotopic (exact) mass is 362 g/mol. The number of aromatic nitrogens is 2. The molecule has 8 nitrogen and oxygen atoms in total. The molecule has 132 valence electrons. The number of rotatable bonds is 5. The highest BCUT2D eigenvalue weighted by Crippen LogP contribution is 2.20. The van der Waals surface area contributed by atoms with Crippen molar-refractivity contribution in [2.24, 2.45) is 5.84 Å². The quantitative estimate of drug-likeness (QED) is 0.417. The first-order chi connectivity index (χ1) is 12.2. The summed E-state index contributed by atoms with van der Waals surface area (Å²) >= 11 is 5.72. The van der Waals surface area contributed by atoms with E-state index in [0.29, 0.717) is 18.8 Å². The van der Waals surface area contributed by atoms with Crippen molar-refractivity contribution < 1.29 is 9.53 Å². The van der Waals surface area contributed by atoms with Gasteiger partial charge in [0.1, 0.15) is 11.8 Å². The van der Waals surface area contributed by atoms with E-state index in [1.165, 1.54) is 11.8 Å². The molecule has 25 heavy (non-hydrogen) atoms. The van der Waals surface area contributed by atoms with Crippen molar-refractivity contribution in [2.45, 2.75) is 12.6 Å². The van der Waals surface area contributed by atoms with E-state index >= 15 is 0 Å². The van der Waals surface area contributed by atoms with Crippen LogP contribution in [-0.2, 0) is 16.1 Å². The van der Waals surface area contributed by atoms with Gasteiger partial charge in [0.2, 0.25) is 5.28 Å². The zero-order chi connectivity index (χ0) is 17.6. The van der Waals surface area contributed by atoms with Crippen LogP contribution in [0.4, 0.5) is 11.5 Å². The van der Waals surface area contributed by atoms with Gasteiger partial charge in [0, 0.05) is 19.6 Å². The van der Waals surface area contributed by atoms with Crippen LogP contribution in [0.25, 0.3) is 0 Å². The molecule has 1 unspecified atom stereocenters. The summed E-state index contributed by atoms with van der Waals surface area (Å²) in [5.74, 6) is 5.36. The normalized spacial score (nSPS) is 17.9. The van der Waals surface area contributed by atoms with Gasteiger partial charge in [-0.05, 0) is 17.2 Å². The minimum Gasteiger partial charge on any atom is -0.366 e. The summed E-state index contributed by atoms with van der Waals surface area (Å²) in [6.07, 6.45) is 0.811. The fraction of sp³-hybridized carbons (Fsp3) is 0.312. The number of benzene rings is 1. The summed E-state index contributed by atoms with van der Waals surface area (Å²) in [6.45, 7) is 2.54. The maximum absolute atomic E-state index is 12.5. The Morgan fingerprint density at radius 1 is 1.40 bits per heavy atom. The zero-order valence-electron chi connectivity index (χ0n) is 13.5. The van der Waals surface area contributed by atoms with Gasteiger partial charge >= 0.3 is 0 Å². The number of morpholine rings is 1. The van der Waals surface area contributed by atoms with Gasteiger partial charge in [0.05, 0.1) is 12.8 Å². The van der Waals surface area contributed by atoms with Crippen molar-refractivity contribution in [2.75, 3.05) is 30.4 Å². The molecule has 1 saturated heterocycles. The molecule has 3 rings (SSSR count). The number of nitrogens with one attached hydrogen (secondary N) is 2.